The smallest absolute Gasteiger partial charge is 0.200 e. The highest BCUT2D eigenvalue weighted by molar-refractivity contribution is 6.28. The van der Waals surface area contributed by atoms with Crippen LogP contribution in [0.4, 0.5) is 5.69 Å². The van der Waals surface area contributed by atoms with Gasteiger partial charge in [-0.2, -0.15) is 5.10 Å². The van der Waals surface area contributed by atoms with Crippen LogP contribution in [0, 0.1) is 0 Å². The van der Waals surface area contributed by atoms with Crippen molar-refractivity contribution in [1.29, 1.82) is 0 Å². The predicted molar refractivity (Wildman–Crippen MR) is 106 cm³/mol. The summed E-state index contributed by atoms with van der Waals surface area (Å²) in [6.07, 6.45) is 0. The van der Waals surface area contributed by atoms with E-state index >= 15 is 0 Å². The molecule has 1 heterocycles. The van der Waals surface area contributed by atoms with Crippen LogP contribution in [-0.2, 0) is 6.54 Å². The zero-order chi connectivity index (χ0) is 19.7. The number of hydrogen-bond donors (Lipinski definition) is 5. The Morgan fingerprint density at radius 1 is 1.00 bits per heavy atom. The number of aromatic nitrogens is 2. The van der Waals surface area contributed by atoms with Crippen LogP contribution < -0.4 is 10.6 Å². The largest absolute Gasteiger partial charge is 0.507 e. The van der Waals surface area contributed by atoms with E-state index in [1.54, 1.807) is 16.8 Å². The lowest BCUT2D eigenvalue weighted by atomic mass is 9.86. The van der Waals surface area contributed by atoms with Gasteiger partial charge in [0.25, 0.3) is 0 Å². The van der Waals surface area contributed by atoms with Crippen molar-refractivity contribution in [3.05, 3.63) is 41.5 Å². The Kier molecular flexibility index (Phi) is 4.99. The monoisotopic (exact) mass is 382 g/mol. The summed E-state index contributed by atoms with van der Waals surface area (Å²) < 4.78 is 1.69. The van der Waals surface area contributed by atoms with Gasteiger partial charge < -0.3 is 26.0 Å². The predicted octanol–water partition coefficient (Wildman–Crippen LogP) is 0.939. The molecule has 5 N–H and O–H groups in total. The maximum atomic E-state index is 13.3. The van der Waals surface area contributed by atoms with Crippen molar-refractivity contribution in [2.45, 2.75) is 6.54 Å². The standard InChI is InChI=1S/C20H22N4O4/c25-10-8-21-6-7-22-13-4-5-14-18-17(13)20(28)16-12(2-1-3-15(16)27)19(18)23-24(14)9-11-26/h1-5,21-22,25-27H,6-11H2. The second kappa shape index (κ2) is 7.59. The molecule has 146 valence electrons. The van der Waals surface area contributed by atoms with Gasteiger partial charge in [-0.05, 0) is 18.2 Å². The molecule has 0 radical (unpaired) electrons. The molecule has 0 unspecified atom stereocenters. The molecule has 1 aliphatic rings. The average Bonchev–Trinajstić information content (AvgIpc) is 3.05. The molecule has 1 aromatic heterocycles. The second-order valence-electron chi connectivity index (χ2n) is 6.61. The number of hydrogen-bond acceptors (Lipinski definition) is 7. The molecule has 8 nitrogen and oxygen atoms in total. The maximum absolute atomic E-state index is 13.3. The van der Waals surface area contributed by atoms with Gasteiger partial charge in [0.1, 0.15) is 11.4 Å². The minimum Gasteiger partial charge on any atom is -0.507 e. The molecular weight excluding hydrogens is 360 g/mol. The molecule has 8 heteroatoms. The van der Waals surface area contributed by atoms with E-state index in [9.17, 15) is 15.0 Å². The summed E-state index contributed by atoms with van der Waals surface area (Å²) in [4.78, 5) is 13.3. The Balaban J connectivity index is 1.84. The van der Waals surface area contributed by atoms with Gasteiger partial charge in [0, 0.05) is 36.3 Å². The highest BCUT2D eigenvalue weighted by Gasteiger charge is 2.32. The van der Waals surface area contributed by atoms with Gasteiger partial charge in [-0.25, -0.2) is 0 Å². The number of nitrogens with one attached hydrogen (secondary N) is 2. The number of aliphatic hydroxyl groups is 2. The van der Waals surface area contributed by atoms with Crippen molar-refractivity contribution >= 4 is 22.4 Å². The van der Waals surface area contributed by atoms with Gasteiger partial charge >= 0.3 is 0 Å². The Labute approximate surface area is 161 Å². The molecule has 0 atom stereocenters. The zero-order valence-corrected chi connectivity index (χ0v) is 15.3. The first-order valence-electron chi connectivity index (χ1n) is 9.24. The maximum Gasteiger partial charge on any atom is 0.200 e. The average molecular weight is 382 g/mol. The quantitative estimate of drug-likeness (QED) is 0.288. The van der Waals surface area contributed by atoms with Crippen LogP contribution in [-0.4, -0.2) is 63.7 Å². The van der Waals surface area contributed by atoms with Crippen LogP contribution >= 0.6 is 0 Å². The van der Waals surface area contributed by atoms with Crippen molar-refractivity contribution in [3.8, 4) is 17.0 Å². The first-order chi connectivity index (χ1) is 13.7. The highest BCUT2D eigenvalue weighted by Crippen LogP contribution is 2.44. The lowest BCUT2D eigenvalue weighted by molar-refractivity contribution is 0.103. The van der Waals surface area contributed by atoms with Crippen molar-refractivity contribution in [2.75, 3.05) is 38.2 Å². The molecule has 4 rings (SSSR count). The molecule has 2 aromatic carbocycles. The highest BCUT2D eigenvalue weighted by atomic mass is 16.3. The Hall–Kier alpha value is -2.94. The number of phenols is 1. The zero-order valence-electron chi connectivity index (χ0n) is 15.3. The first-order valence-corrected chi connectivity index (χ1v) is 9.24. The number of carbonyl (C=O) groups excluding carboxylic acids is 1. The van der Waals surface area contributed by atoms with Crippen LogP contribution in [0.3, 0.4) is 0 Å². The van der Waals surface area contributed by atoms with E-state index in [-0.39, 0.29) is 30.3 Å². The minimum atomic E-state index is -0.249. The summed E-state index contributed by atoms with van der Waals surface area (Å²) in [6, 6.07) is 8.68. The van der Waals surface area contributed by atoms with Gasteiger partial charge in [0.2, 0.25) is 0 Å². The molecular formula is C20H22N4O4. The first kappa shape index (κ1) is 18.4. The van der Waals surface area contributed by atoms with E-state index in [1.165, 1.54) is 6.07 Å². The van der Waals surface area contributed by atoms with Crippen LogP contribution in [0.5, 0.6) is 5.75 Å². The van der Waals surface area contributed by atoms with Crippen LogP contribution in [0.2, 0.25) is 0 Å². The van der Waals surface area contributed by atoms with Gasteiger partial charge in [0.15, 0.2) is 5.78 Å². The van der Waals surface area contributed by atoms with E-state index in [0.29, 0.717) is 48.7 Å². The number of rotatable bonds is 8. The fourth-order valence-electron chi connectivity index (χ4n) is 3.70. The van der Waals surface area contributed by atoms with Crippen molar-refractivity contribution < 1.29 is 20.1 Å². The number of ketones is 1. The molecule has 0 saturated heterocycles. The summed E-state index contributed by atoms with van der Waals surface area (Å²) in [7, 11) is 0. The second-order valence-corrected chi connectivity index (χ2v) is 6.61. The Morgan fingerprint density at radius 3 is 2.64 bits per heavy atom. The number of benzene rings is 2. The van der Waals surface area contributed by atoms with Crippen molar-refractivity contribution in [2.24, 2.45) is 0 Å². The summed E-state index contributed by atoms with van der Waals surface area (Å²) in [5, 5.41) is 40.2. The Morgan fingerprint density at radius 2 is 1.86 bits per heavy atom. The van der Waals surface area contributed by atoms with E-state index in [1.807, 2.05) is 12.1 Å². The number of aliphatic hydroxyl groups excluding tert-OH is 2. The summed E-state index contributed by atoms with van der Waals surface area (Å²) in [6.45, 7) is 2.02. The number of nitrogens with zero attached hydrogens (tertiary/aromatic N) is 2. The van der Waals surface area contributed by atoms with Gasteiger partial charge in [-0.15, -0.1) is 0 Å². The summed E-state index contributed by atoms with van der Waals surface area (Å²) >= 11 is 0. The van der Waals surface area contributed by atoms with Gasteiger partial charge in [0.05, 0.1) is 36.4 Å². The topological polar surface area (TPSA) is 120 Å². The number of fused-ring (bicyclic) bond motifs is 2. The van der Waals surface area contributed by atoms with E-state index < -0.39 is 0 Å². The molecule has 28 heavy (non-hydrogen) atoms. The molecule has 0 aliphatic heterocycles. The van der Waals surface area contributed by atoms with Crippen LogP contribution in [0.25, 0.3) is 22.2 Å². The fourth-order valence-corrected chi connectivity index (χ4v) is 3.70. The normalized spacial score (nSPS) is 12.4. The Bertz CT molecular complexity index is 1040. The number of carbonyl (C=O) groups is 1. The van der Waals surface area contributed by atoms with Gasteiger partial charge in [-0.1, -0.05) is 12.1 Å². The van der Waals surface area contributed by atoms with Gasteiger partial charge in [-0.3, -0.25) is 9.48 Å². The number of aromatic hydroxyl groups is 1. The SMILES string of the molecule is O=C1c2c(O)cccc2-c2nn(CCO)c3ccc(NCCNCCO)c1c23. The van der Waals surface area contributed by atoms with Crippen LogP contribution in [0.1, 0.15) is 15.9 Å². The number of anilines is 1. The van der Waals surface area contributed by atoms with E-state index in [4.69, 9.17) is 5.11 Å². The fraction of sp³-hybridized carbons (Fsp3) is 0.300. The lowest BCUT2D eigenvalue weighted by Gasteiger charge is -2.19. The molecule has 3 aromatic rings. The summed E-state index contributed by atoms with van der Waals surface area (Å²) in [5.74, 6) is -0.321. The van der Waals surface area contributed by atoms with E-state index in [0.717, 1.165) is 10.9 Å². The van der Waals surface area contributed by atoms with Crippen molar-refractivity contribution in [3.63, 3.8) is 0 Å². The minimum absolute atomic E-state index is 0.0665. The van der Waals surface area contributed by atoms with E-state index in [2.05, 4.69) is 15.7 Å². The molecule has 0 saturated carbocycles. The number of phenolic OH excluding ortho intramolecular Hbond substituents is 1. The lowest BCUT2D eigenvalue weighted by Crippen LogP contribution is -2.25. The molecule has 1 aliphatic carbocycles. The van der Waals surface area contributed by atoms with Crippen molar-refractivity contribution in [1.82, 2.24) is 15.1 Å². The molecule has 0 amide bonds. The summed E-state index contributed by atoms with van der Waals surface area (Å²) in [5.41, 5.74) is 3.39. The third kappa shape index (κ3) is 2.91. The van der Waals surface area contributed by atoms with Crippen LogP contribution in [0.15, 0.2) is 30.3 Å². The third-order valence-electron chi connectivity index (χ3n) is 4.89. The third-order valence-corrected chi connectivity index (χ3v) is 4.89. The molecule has 0 fully saturated rings. The molecule has 0 bridgehead atoms. The molecule has 0 spiro atoms.